The van der Waals surface area contributed by atoms with Crippen LogP contribution in [0.5, 0.6) is 0 Å². The van der Waals surface area contributed by atoms with Crippen molar-refractivity contribution in [1.29, 1.82) is 0 Å². The third kappa shape index (κ3) is 5.04. The molecule has 0 aliphatic heterocycles. The molecule has 0 aliphatic carbocycles. The molecule has 2 aromatic rings. The molecule has 0 spiro atoms. The van der Waals surface area contributed by atoms with E-state index in [4.69, 9.17) is 4.74 Å². The topological polar surface area (TPSA) is 51.2 Å². The van der Waals surface area contributed by atoms with Gasteiger partial charge in [0, 0.05) is 30.7 Å². The second-order valence-electron chi connectivity index (χ2n) is 4.92. The van der Waals surface area contributed by atoms with Crippen LogP contribution < -0.4 is 5.32 Å². The number of thiazole rings is 1. The molecule has 0 bridgehead atoms. The minimum atomic E-state index is -4.41. The summed E-state index contributed by atoms with van der Waals surface area (Å²) >= 11 is 1.13. The summed E-state index contributed by atoms with van der Waals surface area (Å²) in [5.74, 6) is -0.346. The molecule has 0 atom stereocenters. The largest absolute Gasteiger partial charge is 0.416 e. The highest BCUT2D eigenvalue weighted by atomic mass is 32.1. The maximum absolute atomic E-state index is 12.8. The van der Waals surface area contributed by atoms with Crippen LogP contribution in [0.2, 0.25) is 0 Å². The van der Waals surface area contributed by atoms with Gasteiger partial charge in [0.05, 0.1) is 5.56 Å². The van der Waals surface area contributed by atoms with Gasteiger partial charge in [0.25, 0.3) is 5.91 Å². The number of hydrogen-bond acceptors (Lipinski definition) is 4. The quantitative estimate of drug-likeness (QED) is 0.762. The maximum Gasteiger partial charge on any atom is 0.416 e. The highest BCUT2D eigenvalue weighted by Gasteiger charge is 2.30. The first-order chi connectivity index (χ1) is 11.4. The van der Waals surface area contributed by atoms with E-state index in [-0.39, 0.29) is 11.6 Å². The monoisotopic (exact) mass is 358 g/mol. The molecule has 1 amide bonds. The van der Waals surface area contributed by atoms with Crippen LogP contribution in [0.4, 0.5) is 13.2 Å². The average molecular weight is 358 g/mol. The Morgan fingerprint density at radius 1 is 1.38 bits per heavy atom. The van der Waals surface area contributed by atoms with Crippen molar-refractivity contribution < 1.29 is 22.7 Å². The molecular formula is C16H17F3N2O2S. The van der Waals surface area contributed by atoms with Crippen molar-refractivity contribution in [1.82, 2.24) is 10.3 Å². The van der Waals surface area contributed by atoms with E-state index in [1.807, 2.05) is 6.92 Å². The number of aromatic nitrogens is 1. The van der Waals surface area contributed by atoms with E-state index in [0.717, 1.165) is 23.5 Å². The van der Waals surface area contributed by atoms with Gasteiger partial charge in [-0.2, -0.15) is 13.2 Å². The Bertz CT molecular complexity index is 686. The average Bonchev–Trinajstić information content (AvgIpc) is 3.04. The summed E-state index contributed by atoms with van der Waals surface area (Å²) < 4.78 is 43.4. The maximum atomic E-state index is 12.8. The summed E-state index contributed by atoms with van der Waals surface area (Å²) in [5, 5.41) is 4.61. The Morgan fingerprint density at radius 2 is 2.17 bits per heavy atom. The second kappa shape index (κ2) is 8.25. The van der Waals surface area contributed by atoms with Crippen molar-refractivity contribution >= 4 is 17.2 Å². The second-order valence-corrected chi connectivity index (χ2v) is 5.78. The van der Waals surface area contributed by atoms with Crippen molar-refractivity contribution in [3.8, 4) is 10.6 Å². The predicted molar refractivity (Wildman–Crippen MR) is 86.0 cm³/mol. The molecule has 1 aromatic carbocycles. The molecule has 0 saturated carbocycles. The molecule has 0 fully saturated rings. The van der Waals surface area contributed by atoms with Crippen molar-refractivity contribution in [2.45, 2.75) is 19.5 Å². The van der Waals surface area contributed by atoms with Gasteiger partial charge in [-0.1, -0.05) is 12.1 Å². The van der Waals surface area contributed by atoms with E-state index < -0.39 is 11.7 Å². The first kappa shape index (κ1) is 18.4. The van der Waals surface area contributed by atoms with Gasteiger partial charge in [0.1, 0.15) is 10.7 Å². The lowest BCUT2D eigenvalue weighted by Gasteiger charge is -2.07. The van der Waals surface area contributed by atoms with Crippen molar-refractivity contribution in [3.63, 3.8) is 0 Å². The molecule has 1 heterocycles. The van der Waals surface area contributed by atoms with E-state index in [9.17, 15) is 18.0 Å². The first-order valence-electron chi connectivity index (χ1n) is 7.41. The number of carbonyl (C=O) groups excluding carboxylic acids is 1. The van der Waals surface area contributed by atoms with E-state index in [2.05, 4.69) is 10.3 Å². The molecule has 1 aromatic heterocycles. The summed E-state index contributed by atoms with van der Waals surface area (Å²) in [6, 6.07) is 4.90. The summed E-state index contributed by atoms with van der Waals surface area (Å²) in [7, 11) is 0. The number of nitrogens with zero attached hydrogens (tertiary/aromatic N) is 1. The number of benzene rings is 1. The van der Waals surface area contributed by atoms with Gasteiger partial charge in [-0.3, -0.25) is 4.79 Å². The molecule has 0 saturated heterocycles. The normalized spacial score (nSPS) is 11.5. The number of hydrogen-bond donors (Lipinski definition) is 1. The number of nitrogens with one attached hydrogen (secondary N) is 1. The number of alkyl halides is 3. The Balaban J connectivity index is 2.01. The number of carbonyl (C=O) groups is 1. The van der Waals surface area contributed by atoms with Crippen LogP contribution in [0.1, 0.15) is 29.4 Å². The van der Waals surface area contributed by atoms with Crippen LogP contribution in [-0.2, 0) is 10.9 Å². The fourth-order valence-corrected chi connectivity index (χ4v) is 2.75. The fourth-order valence-electron chi connectivity index (χ4n) is 1.95. The molecule has 1 N–H and O–H groups in total. The smallest absolute Gasteiger partial charge is 0.382 e. The van der Waals surface area contributed by atoms with Crippen LogP contribution in [0.25, 0.3) is 10.6 Å². The summed E-state index contributed by atoms with van der Waals surface area (Å²) in [6.07, 6.45) is -3.72. The Kier molecular flexibility index (Phi) is 6.33. The minimum Gasteiger partial charge on any atom is -0.382 e. The third-order valence-corrected chi connectivity index (χ3v) is 4.02. The molecule has 24 heavy (non-hydrogen) atoms. The van der Waals surface area contributed by atoms with Gasteiger partial charge < -0.3 is 10.1 Å². The van der Waals surface area contributed by atoms with Crippen LogP contribution in [-0.4, -0.2) is 30.6 Å². The van der Waals surface area contributed by atoms with Gasteiger partial charge in [0.15, 0.2) is 0 Å². The summed E-state index contributed by atoms with van der Waals surface area (Å²) in [6.45, 7) is 3.53. The number of rotatable bonds is 7. The minimum absolute atomic E-state index is 0.198. The van der Waals surface area contributed by atoms with Gasteiger partial charge in [-0.25, -0.2) is 4.98 Å². The number of amides is 1. The summed E-state index contributed by atoms with van der Waals surface area (Å²) in [5.41, 5.74) is -0.203. The van der Waals surface area contributed by atoms with Gasteiger partial charge in [0.2, 0.25) is 0 Å². The SMILES string of the molecule is CCOCCCNC(=O)c1csc(-c2cccc(C(F)(F)F)c2)n1. The standard InChI is InChI=1S/C16H17F3N2O2S/c1-2-23-8-4-7-20-14(22)13-10-24-15(21-13)11-5-3-6-12(9-11)16(17,18)19/h3,5-6,9-10H,2,4,7-8H2,1H3,(H,20,22). The van der Waals surface area contributed by atoms with E-state index in [1.54, 1.807) is 0 Å². The van der Waals surface area contributed by atoms with Crippen LogP contribution in [0.15, 0.2) is 29.6 Å². The lowest BCUT2D eigenvalue weighted by molar-refractivity contribution is -0.137. The van der Waals surface area contributed by atoms with Crippen LogP contribution >= 0.6 is 11.3 Å². The molecule has 0 unspecified atom stereocenters. The van der Waals surface area contributed by atoms with Gasteiger partial charge >= 0.3 is 6.18 Å². The van der Waals surface area contributed by atoms with Crippen LogP contribution in [0.3, 0.4) is 0 Å². The lowest BCUT2D eigenvalue weighted by atomic mass is 10.1. The van der Waals surface area contributed by atoms with Gasteiger partial charge in [-0.15, -0.1) is 11.3 Å². The zero-order chi connectivity index (χ0) is 17.6. The number of ether oxygens (including phenoxy) is 1. The highest BCUT2D eigenvalue weighted by Crippen LogP contribution is 2.33. The Morgan fingerprint density at radius 3 is 2.88 bits per heavy atom. The molecule has 130 valence electrons. The predicted octanol–water partition coefficient (Wildman–Crippen LogP) is 3.99. The zero-order valence-electron chi connectivity index (χ0n) is 13.0. The van der Waals surface area contributed by atoms with Crippen LogP contribution in [0, 0.1) is 0 Å². The van der Waals surface area contributed by atoms with E-state index in [1.165, 1.54) is 17.5 Å². The van der Waals surface area contributed by atoms with Gasteiger partial charge in [-0.05, 0) is 25.5 Å². The third-order valence-electron chi connectivity index (χ3n) is 3.13. The highest BCUT2D eigenvalue weighted by molar-refractivity contribution is 7.13. The number of halogens is 3. The molecule has 0 radical (unpaired) electrons. The fraction of sp³-hybridized carbons (Fsp3) is 0.375. The molecule has 2 rings (SSSR count). The lowest BCUT2D eigenvalue weighted by Crippen LogP contribution is -2.25. The van der Waals surface area contributed by atoms with Crippen molar-refractivity contribution in [2.24, 2.45) is 0 Å². The molecular weight excluding hydrogens is 341 g/mol. The van der Waals surface area contributed by atoms with Crippen molar-refractivity contribution in [3.05, 3.63) is 40.9 Å². The summed E-state index contributed by atoms with van der Waals surface area (Å²) in [4.78, 5) is 16.1. The van der Waals surface area contributed by atoms with Crippen molar-refractivity contribution in [2.75, 3.05) is 19.8 Å². The van der Waals surface area contributed by atoms with E-state index in [0.29, 0.717) is 36.8 Å². The Hall–Kier alpha value is -1.93. The zero-order valence-corrected chi connectivity index (χ0v) is 13.8. The molecule has 4 nitrogen and oxygen atoms in total. The Labute approximate surface area is 141 Å². The van der Waals surface area contributed by atoms with E-state index >= 15 is 0 Å². The molecule has 8 heteroatoms. The molecule has 0 aliphatic rings. The first-order valence-corrected chi connectivity index (χ1v) is 8.29.